The SMILES string of the molecule is Fc1cc(F)cc([S+](c2ccc(S(F)(F)(F)(F)F)cc2)c2cc(F)cc(F)c2)c1. The molecule has 0 aliphatic rings. The first-order chi connectivity index (χ1) is 13.1. The van der Waals surface area contributed by atoms with Crippen LogP contribution < -0.4 is 0 Å². The first-order valence-corrected chi connectivity index (χ1v) is 10.8. The minimum Gasteiger partial charge on any atom is -0.207 e. The van der Waals surface area contributed by atoms with Crippen molar-refractivity contribution in [3.05, 3.63) is 83.9 Å². The van der Waals surface area contributed by atoms with Crippen molar-refractivity contribution in [3.8, 4) is 0 Å². The molecule has 0 bridgehead atoms. The van der Waals surface area contributed by atoms with Gasteiger partial charge in [-0.25, -0.2) is 17.6 Å². The van der Waals surface area contributed by atoms with Crippen LogP contribution in [0, 0.1) is 23.3 Å². The van der Waals surface area contributed by atoms with Crippen LogP contribution in [0.4, 0.5) is 37.0 Å². The first-order valence-electron chi connectivity index (χ1n) is 7.63. The van der Waals surface area contributed by atoms with Gasteiger partial charge in [0.25, 0.3) is 0 Å². The van der Waals surface area contributed by atoms with Gasteiger partial charge in [0.2, 0.25) is 0 Å². The monoisotopic (exact) mass is 461 g/mol. The lowest BCUT2D eigenvalue weighted by Gasteiger charge is -2.40. The van der Waals surface area contributed by atoms with Gasteiger partial charge >= 0.3 is 10.2 Å². The first kappa shape index (κ1) is 21.4. The summed E-state index contributed by atoms with van der Waals surface area (Å²) in [5.74, 6) is -4.12. The van der Waals surface area contributed by atoms with Crippen LogP contribution in [-0.4, -0.2) is 0 Å². The average Bonchev–Trinajstić information content (AvgIpc) is 2.51. The minimum atomic E-state index is -9.94. The van der Waals surface area contributed by atoms with Gasteiger partial charge in [0.15, 0.2) is 14.7 Å². The van der Waals surface area contributed by atoms with Crippen molar-refractivity contribution < 1.29 is 37.0 Å². The van der Waals surface area contributed by atoms with Crippen LogP contribution in [0.15, 0.2) is 80.2 Å². The smallest absolute Gasteiger partial charge is 0.207 e. The summed E-state index contributed by atoms with van der Waals surface area (Å²) < 4.78 is 119. The van der Waals surface area contributed by atoms with E-state index in [0.29, 0.717) is 24.3 Å². The summed E-state index contributed by atoms with van der Waals surface area (Å²) in [6.07, 6.45) is 0. The predicted molar refractivity (Wildman–Crippen MR) is 92.7 cm³/mol. The summed E-state index contributed by atoms with van der Waals surface area (Å²) in [7, 11) is -11.6. The molecule has 0 N–H and O–H groups in total. The summed E-state index contributed by atoms with van der Waals surface area (Å²) in [5, 5.41) is 0. The van der Waals surface area contributed by atoms with E-state index in [2.05, 4.69) is 0 Å². The van der Waals surface area contributed by atoms with E-state index in [1.165, 1.54) is 0 Å². The van der Waals surface area contributed by atoms with Gasteiger partial charge in [-0.1, -0.05) is 19.4 Å². The molecule has 29 heavy (non-hydrogen) atoms. The molecule has 0 saturated heterocycles. The molecule has 3 rings (SSSR count). The lowest BCUT2D eigenvalue weighted by atomic mass is 10.3. The predicted octanol–water partition coefficient (Wildman–Crippen LogP) is 8.00. The third-order valence-corrected chi connectivity index (χ3v) is 6.97. The molecule has 0 radical (unpaired) electrons. The molecule has 0 nitrogen and oxygen atoms in total. The van der Waals surface area contributed by atoms with Gasteiger partial charge in [-0.15, -0.1) is 0 Å². The maximum atomic E-state index is 13.7. The maximum Gasteiger partial charge on any atom is 0.310 e. The lowest BCUT2D eigenvalue weighted by Crippen LogP contribution is -2.09. The summed E-state index contributed by atoms with van der Waals surface area (Å²) in [5.41, 5.74) is 0. The van der Waals surface area contributed by atoms with E-state index < -0.39 is 49.3 Å². The van der Waals surface area contributed by atoms with Crippen molar-refractivity contribution in [2.75, 3.05) is 0 Å². The van der Waals surface area contributed by atoms with Crippen LogP contribution in [0.1, 0.15) is 0 Å². The Balaban J connectivity index is 2.21. The van der Waals surface area contributed by atoms with Gasteiger partial charge in [-0.05, 0) is 24.3 Å². The van der Waals surface area contributed by atoms with Gasteiger partial charge in [-0.2, -0.15) is 0 Å². The molecular weight excluding hydrogens is 451 g/mol. The number of benzene rings is 3. The molecule has 11 heteroatoms. The van der Waals surface area contributed by atoms with Gasteiger partial charge in [0, 0.05) is 36.4 Å². The van der Waals surface area contributed by atoms with Crippen molar-refractivity contribution in [2.24, 2.45) is 0 Å². The molecule has 0 amide bonds. The topological polar surface area (TPSA) is 0 Å². The van der Waals surface area contributed by atoms with E-state index in [1.807, 2.05) is 0 Å². The highest BCUT2D eigenvalue weighted by molar-refractivity contribution is 8.45. The second-order valence-corrected chi connectivity index (χ2v) is 10.4. The Morgan fingerprint density at radius 2 is 0.828 bits per heavy atom. The average molecular weight is 461 g/mol. The molecule has 0 aliphatic carbocycles. The van der Waals surface area contributed by atoms with Gasteiger partial charge < -0.3 is 0 Å². The van der Waals surface area contributed by atoms with Crippen molar-refractivity contribution in [2.45, 2.75) is 19.6 Å². The van der Waals surface area contributed by atoms with Crippen LogP contribution >= 0.6 is 10.2 Å². The van der Waals surface area contributed by atoms with E-state index in [0.717, 1.165) is 24.3 Å². The summed E-state index contributed by atoms with van der Waals surface area (Å²) in [6, 6.07) is 6.05. The summed E-state index contributed by atoms with van der Waals surface area (Å²) in [4.78, 5) is -2.56. The summed E-state index contributed by atoms with van der Waals surface area (Å²) >= 11 is 0. The fraction of sp³-hybridized carbons (Fsp3) is 0. The molecule has 0 heterocycles. The minimum absolute atomic E-state index is 0.106. The third kappa shape index (κ3) is 5.02. The van der Waals surface area contributed by atoms with Gasteiger partial charge in [0.1, 0.15) is 28.2 Å². The summed E-state index contributed by atoms with van der Waals surface area (Å²) in [6.45, 7) is 0. The number of hydrogen-bond donors (Lipinski definition) is 0. The second-order valence-electron chi connectivity index (χ2n) is 5.96. The largest absolute Gasteiger partial charge is 0.310 e. The van der Waals surface area contributed by atoms with Crippen LogP contribution in [0.5, 0.6) is 0 Å². The molecule has 0 fully saturated rings. The van der Waals surface area contributed by atoms with Crippen molar-refractivity contribution in [1.29, 1.82) is 0 Å². The number of hydrogen-bond acceptors (Lipinski definition) is 0. The zero-order chi connectivity index (χ0) is 21.7. The molecule has 0 saturated carbocycles. The highest BCUT2D eigenvalue weighted by Gasteiger charge is 2.65. The fourth-order valence-electron chi connectivity index (χ4n) is 2.53. The molecule has 0 aromatic heterocycles. The Morgan fingerprint density at radius 1 is 0.483 bits per heavy atom. The fourth-order valence-corrected chi connectivity index (χ4v) is 5.33. The molecule has 0 atom stereocenters. The van der Waals surface area contributed by atoms with Crippen molar-refractivity contribution >= 4 is 21.1 Å². The van der Waals surface area contributed by atoms with Crippen molar-refractivity contribution in [3.63, 3.8) is 0 Å². The Labute approximate surface area is 162 Å². The zero-order valence-corrected chi connectivity index (χ0v) is 15.6. The molecule has 0 unspecified atom stereocenters. The zero-order valence-electron chi connectivity index (χ0n) is 14.0. The van der Waals surface area contributed by atoms with E-state index in [4.69, 9.17) is 0 Å². The van der Waals surface area contributed by atoms with Crippen LogP contribution in [0.2, 0.25) is 0 Å². The van der Waals surface area contributed by atoms with E-state index in [9.17, 15) is 37.0 Å². The lowest BCUT2D eigenvalue weighted by molar-refractivity contribution is 0.364. The highest BCUT2D eigenvalue weighted by Crippen LogP contribution is 3.02. The Morgan fingerprint density at radius 3 is 1.14 bits per heavy atom. The standard InChI is InChI=1S/C18H10F9S2/c19-11-5-12(20)8-16(7-11)28(17-9-13(21)6-14(22)10-17)15-1-3-18(4-2-15)29(23,24,25,26)27/h1-10H/q+1. The number of rotatable bonds is 4. The molecule has 156 valence electrons. The van der Waals surface area contributed by atoms with Crippen LogP contribution in [0.3, 0.4) is 0 Å². The van der Waals surface area contributed by atoms with E-state index in [1.54, 1.807) is 0 Å². The van der Waals surface area contributed by atoms with Crippen LogP contribution in [0.25, 0.3) is 0 Å². The second kappa shape index (κ2) is 6.36. The maximum absolute atomic E-state index is 13.7. The molecule has 0 aliphatic heterocycles. The Hall–Kier alpha value is -2.27. The Kier molecular flexibility index (Phi) is 4.70. The molecule has 3 aromatic carbocycles. The molecule has 3 aromatic rings. The van der Waals surface area contributed by atoms with E-state index in [-0.39, 0.29) is 26.8 Å². The molecule has 0 spiro atoms. The quantitative estimate of drug-likeness (QED) is 0.273. The third-order valence-electron chi connectivity index (χ3n) is 3.65. The Bertz CT molecular complexity index is 986. The normalized spacial score (nSPS) is 14.6. The van der Waals surface area contributed by atoms with Crippen molar-refractivity contribution in [1.82, 2.24) is 0 Å². The number of halogens is 9. The molecular formula is C18H10F9S2+. The van der Waals surface area contributed by atoms with Gasteiger partial charge in [0.05, 0.1) is 10.9 Å². The van der Waals surface area contributed by atoms with Gasteiger partial charge in [-0.3, -0.25) is 0 Å². The highest BCUT2D eigenvalue weighted by atomic mass is 32.5. The van der Waals surface area contributed by atoms with E-state index >= 15 is 0 Å². The van der Waals surface area contributed by atoms with Crippen LogP contribution in [-0.2, 0) is 10.9 Å².